The molecule has 0 saturated heterocycles. The minimum Gasteiger partial charge on any atom is -0.348 e. The Morgan fingerprint density at radius 1 is 1.20 bits per heavy atom. The van der Waals surface area contributed by atoms with Crippen molar-refractivity contribution in [2.45, 2.75) is 6.54 Å². The molecule has 104 valence electrons. The van der Waals surface area contributed by atoms with Gasteiger partial charge >= 0.3 is 0 Å². The minimum absolute atomic E-state index is 0.485. The molecule has 1 N–H and O–H groups in total. The molecule has 0 fully saturated rings. The van der Waals surface area contributed by atoms with E-state index in [0.717, 1.165) is 11.3 Å². The predicted molar refractivity (Wildman–Crippen MR) is 88.4 cm³/mol. The number of benzene rings is 1. The number of pyridine rings is 1. The average Bonchev–Trinajstić information content (AvgIpc) is 2.44. The predicted octanol–water partition coefficient (Wildman–Crippen LogP) is 4.22. The molecule has 0 bridgehead atoms. The van der Waals surface area contributed by atoms with Gasteiger partial charge in [0.2, 0.25) is 0 Å². The van der Waals surface area contributed by atoms with E-state index in [-0.39, 0.29) is 0 Å². The highest BCUT2D eigenvalue weighted by atomic mass is 35.5. The summed E-state index contributed by atoms with van der Waals surface area (Å²) in [5, 5.41) is 4.96. The number of thiocarbonyl (C=S) groups is 1. The highest BCUT2D eigenvalue weighted by Crippen LogP contribution is 2.14. The smallest absolute Gasteiger partial charge is 0.173 e. The summed E-state index contributed by atoms with van der Waals surface area (Å²) >= 11 is 17.0. The van der Waals surface area contributed by atoms with Crippen LogP contribution in [0.3, 0.4) is 0 Å². The quantitative estimate of drug-likeness (QED) is 0.675. The number of hydrogen-bond donors (Lipinski definition) is 1. The second-order valence-electron chi connectivity index (χ2n) is 4.28. The molecule has 1 heterocycles. The molecule has 2 rings (SSSR count). The molecule has 20 heavy (non-hydrogen) atoms. The first-order valence-corrected chi connectivity index (χ1v) is 7.09. The minimum atomic E-state index is 0.485. The third-order valence-corrected chi connectivity index (χ3v) is 3.54. The van der Waals surface area contributed by atoms with Crippen LogP contribution in [-0.4, -0.2) is 22.0 Å². The van der Waals surface area contributed by atoms with Gasteiger partial charge in [-0.1, -0.05) is 29.3 Å². The molecule has 0 amide bonds. The van der Waals surface area contributed by atoms with Gasteiger partial charge in [0.25, 0.3) is 0 Å². The van der Waals surface area contributed by atoms with Gasteiger partial charge in [0, 0.05) is 30.5 Å². The van der Waals surface area contributed by atoms with Crippen LogP contribution in [-0.2, 0) is 6.54 Å². The summed E-state index contributed by atoms with van der Waals surface area (Å²) in [6, 6.07) is 11.1. The van der Waals surface area contributed by atoms with Gasteiger partial charge in [-0.2, -0.15) is 0 Å². The van der Waals surface area contributed by atoms with E-state index in [1.165, 1.54) is 0 Å². The molecular weight excluding hydrogens is 313 g/mol. The monoisotopic (exact) mass is 325 g/mol. The van der Waals surface area contributed by atoms with Crippen molar-refractivity contribution in [3.05, 3.63) is 58.3 Å². The molecular formula is C14H13Cl2N3S. The second kappa shape index (κ2) is 6.88. The third-order valence-electron chi connectivity index (χ3n) is 2.65. The SMILES string of the molecule is CN(Cc1ccc(Cl)nc1)C(=S)Nc1ccc(Cl)cc1. The van der Waals surface area contributed by atoms with Crippen molar-refractivity contribution in [1.82, 2.24) is 9.88 Å². The van der Waals surface area contributed by atoms with Crippen LogP contribution in [0.1, 0.15) is 5.56 Å². The molecule has 0 radical (unpaired) electrons. The van der Waals surface area contributed by atoms with Crippen molar-refractivity contribution in [3.63, 3.8) is 0 Å². The van der Waals surface area contributed by atoms with Gasteiger partial charge in [-0.25, -0.2) is 4.98 Å². The molecule has 0 aliphatic rings. The lowest BCUT2D eigenvalue weighted by Gasteiger charge is -2.21. The van der Waals surface area contributed by atoms with Crippen LogP contribution < -0.4 is 5.32 Å². The Kier molecular flexibility index (Phi) is 5.17. The number of halogens is 2. The fourth-order valence-electron chi connectivity index (χ4n) is 1.60. The van der Waals surface area contributed by atoms with Crippen LogP contribution in [0.4, 0.5) is 5.69 Å². The van der Waals surface area contributed by atoms with Gasteiger partial charge in [0.15, 0.2) is 5.11 Å². The fourth-order valence-corrected chi connectivity index (χ4v) is 2.02. The molecule has 3 nitrogen and oxygen atoms in total. The summed E-state index contributed by atoms with van der Waals surface area (Å²) in [6.45, 7) is 0.656. The van der Waals surface area contributed by atoms with Gasteiger partial charge in [0.1, 0.15) is 5.15 Å². The van der Waals surface area contributed by atoms with Crippen LogP contribution >= 0.6 is 35.4 Å². The van der Waals surface area contributed by atoms with E-state index in [4.69, 9.17) is 35.4 Å². The Balaban J connectivity index is 1.94. The van der Waals surface area contributed by atoms with Crippen molar-refractivity contribution >= 4 is 46.2 Å². The topological polar surface area (TPSA) is 28.2 Å². The zero-order valence-electron chi connectivity index (χ0n) is 10.8. The average molecular weight is 326 g/mol. The highest BCUT2D eigenvalue weighted by molar-refractivity contribution is 7.80. The van der Waals surface area contributed by atoms with Crippen molar-refractivity contribution in [3.8, 4) is 0 Å². The fraction of sp³-hybridized carbons (Fsp3) is 0.143. The van der Waals surface area contributed by atoms with Crippen molar-refractivity contribution in [2.24, 2.45) is 0 Å². The standard InChI is InChI=1S/C14H13Cl2N3S/c1-19(9-10-2-7-13(16)17-8-10)14(20)18-12-5-3-11(15)4-6-12/h2-8H,9H2,1H3,(H,18,20). The number of hydrogen-bond acceptors (Lipinski definition) is 2. The molecule has 0 saturated carbocycles. The normalized spacial score (nSPS) is 10.2. The number of nitrogens with one attached hydrogen (secondary N) is 1. The first-order chi connectivity index (χ1) is 9.54. The molecule has 2 aromatic rings. The first kappa shape index (κ1) is 15.0. The van der Waals surface area contributed by atoms with Gasteiger partial charge in [-0.05, 0) is 48.1 Å². The summed E-state index contributed by atoms with van der Waals surface area (Å²) in [5.41, 5.74) is 1.94. The zero-order chi connectivity index (χ0) is 14.5. The molecule has 0 aliphatic heterocycles. The van der Waals surface area contributed by atoms with E-state index in [9.17, 15) is 0 Å². The lowest BCUT2D eigenvalue weighted by Crippen LogP contribution is -2.30. The molecule has 0 spiro atoms. The van der Waals surface area contributed by atoms with Crippen molar-refractivity contribution in [1.29, 1.82) is 0 Å². The third kappa shape index (κ3) is 4.34. The van der Waals surface area contributed by atoms with Crippen molar-refractivity contribution in [2.75, 3.05) is 12.4 Å². The number of nitrogens with zero attached hydrogens (tertiary/aromatic N) is 2. The maximum Gasteiger partial charge on any atom is 0.173 e. The lowest BCUT2D eigenvalue weighted by molar-refractivity contribution is 0.507. The van der Waals surface area contributed by atoms with Crippen LogP contribution in [0.2, 0.25) is 10.2 Å². The van der Waals surface area contributed by atoms with Crippen LogP contribution in [0.25, 0.3) is 0 Å². The Morgan fingerprint density at radius 3 is 2.50 bits per heavy atom. The highest BCUT2D eigenvalue weighted by Gasteiger charge is 2.06. The van der Waals surface area contributed by atoms with E-state index >= 15 is 0 Å². The number of aromatic nitrogens is 1. The summed E-state index contributed by atoms with van der Waals surface area (Å²) in [5.74, 6) is 0. The van der Waals surface area contributed by atoms with Gasteiger partial charge in [-0.15, -0.1) is 0 Å². The zero-order valence-corrected chi connectivity index (χ0v) is 13.1. The maximum atomic E-state index is 5.84. The molecule has 1 aromatic carbocycles. The molecule has 0 unspecified atom stereocenters. The molecule has 0 atom stereocenters. The maximum absolute atomic E-state index is 5.84. The van der Waals surface area contributed by atoms with E-state index < -0.39 is 0 Å². The Labute approximate surface area is 133 Å². The van der Waals surface area contributed by atoms with Crippen molar-refractivity contribution < 1.29 is 0 Å². The largest absolute Gasteiger partial charge is 0.348 e. The number of rotatable bonds is 3. The Bertz CT molecular complexity index is 584. The summed E-state index contributed by atoms with van der Waals surface area (Å²) in [7, 11) is 1.92. The molecule has 6 heteroatoms. The molecule has 0 aliphatic carbocycles. The summed E-state index contributed by atoms with van der Waals surface area (Å²) in [6.07, 6.45) is 1.74. The lowest BCUT2D eigenvalue weighted by atomic mass is 10.3. The van der Waals surface area contributed by atoms with E-state index in [0.29, 0.717) is 21.8 Å². The van der Waals surface area contributed by atoms with Gasteiger partial charge in [0.05, 0.1) is 0 Å². The first-order valence-electron chi connectivity index (χ1n) is 5.93. The molecule has 1 aromatic heterocycles. The van der Waals surface area contributed by atoms with E-state index in [1.807, 2.05) is 42.3 Å². The Hall–Kier alpha value is -1.36. The van der Waals surface area contributed by atoms with Crippen LogP contribution in [0, 0.1) is 0 Å². The van der Waals surface area contributed by atoms with E-state index in [2.05, 4.69) is 10.3 Å². The Morgan fingerprint density at radius 2 is 1.90 bits per heavy atom. The van der Waals surface area contributed by atoms with Crippen LogP contribution in [0.5, 0.6) is 0 Å². The van der Waals surface area contributed by atoms with Gasteiger partial charge in [-0.3, -0.25) is 0 Å². The van der Waals surface area contributed by atoms with E-state index in [1.54, 1.807) is 12.3 Å². The summed E-state index contributed by atoms with van der Waals surface area (Å²) < 4.78 is 0. The number of anilines is 1. The second-order valence-corrected chi connectivity index (χ2v) is 5.49. The van der Waals surface area contributed by atoms with Crippen LogP contribution in [0.15, 0.2) is 42.6 Å². The summed E-state index contributed by atoms with van der Waals surface area (Å²) in [4.78, 5) is 5.97. The van der Waals surface area contributed by atoms with Gasteiger partial charge < -0.3 is 10.2 Å².